The first-order valence-corrected chi connectivity index (χ1v) is 16.0. The van der Waals surface area contributed by atoms with E-state index >= 15 is 0 Å². The number of benzene rings is 2. The van der Waals surface area contributed by atoms with Crippen LogP contribution in [0.3, 0.4) is 0 Å². The molecule has 2 saturated heterocycles. The fourth-order valence-corrected chi connectivity index (χ4v) is 8.51. The summed E-state index contributed by atoms with van der Waals surface area (Å²) in [6, 6.07) is 5.15. The summed E-state index contributed by atoms with van der Waals surface area (Å²) in [6.07, 6.45) is 1.28. The topological polar surface area (TPSA) is 148 Å². The summed E-state index contributed by atoms with van der Waals surface area (Å²) in [7, 11) is 0. The number of fused-ring (bicyclic) bond motifs is 5. The molecule has 2 unspecified atom stereocenters. The van der Waals surface area contributed by atoms with Crippen LogP contribution in [0.25, 0.3) is 32.1 Å². The molecule has 11 nitrogen and oxygen atoms in total. The molecule has 6 heterocycles. The third-order valence-corrected chi connectivity index (χ3v) is 10.6. The summed E-state index contributed by atoms with van der Waals surface area (Å²) < 4.78 is 47.3. The van der Waals surface area contributed by atoms with Gasteiger partial charge >= 0.3 is 6.01 Å². The van der Waals surface area contributed by atoms with E-state index < -0.39 is 17.5 Å². The van der Waals surface area contributed by atoms with E-state index in [0.717, 1.165) is 41.9 Å². The minimum atomic E-state index is -0.909. The van der Waals surface area contributed by atoms with Crippen LogP contribution in [0.2, 0.25) is 5.02 Å². The number of hydrogen-bond acceptors (Lipinski definition) is 12. The molecule has 0 bridgehead atoms. The van der Waals surface area contributed by atoms with Gasteiger partial charge in [0.25, 0.3) is 0 Å². The van der Waals surface area contributed by atoms with Crippen LogP contribution >= 0.6 is 22.9 Å². The van der Waals surface area contributed by atoms with E-state index in [9.17, 15) is 14.0 Å². The van der Waals surface area contributed by atoms with Crippen molar-refractivity contribution in [3.05, 3.63) is 51.4 Å². The van der Waals surface area contributed by atoms with Crippen molar-refractivity contribution >= 4 is 54.7 Å². The number of ether oxygens (including phenoxy) is 2. The molecule has 5 aromatic rings. The number of halogens is 3. The maximum Gasteiger partial charge on any atom is 0.319 e. The molecule has 3 aliphatic rings. The summed E-state index contributed by atoms with van der Waals surface area (Å²) in [5.74, 6) is 0.791. The molecular formula is C31H27ClF2N8O3S. The number of aryl methyl sites for hydroxylation is 1. The highest BCUT2D eigenvalue weighted by Gasteiger charge is 2.49. The average molecular weight is 665 g/mol. The summed E-state index contributed by atoms with van der Waals surface area (Å²) in [5.41, 5.74) is 8.99. The SMILES string of the molecule is Cc1noc(CNc2nc(OCC34CCCN3CC(F)C4)nc3c(Cl)c(-c4ccc(F)c5sc(N)c(C#N)c45)c4c(c23)COC4)n1. The first-order chi connectivity index (χ1) is 22.3. The number of nitriles is 1. The molecule has 0 radical (unpaired) electrons. The molecule has 0 spiro atoms. The number of hydrogen-bond donors (Lipinski definition) is 2. The standard InChI is InChI=1S/C31H27ClF2N8O3S/c1-14-38-21(45-41-14)9-37-29-24-19-12-43-11-18(19)22(16-3-4-20(34)27-23(16)17(8-35)28(36)46-27)25(32)26(24)39-30(40-29)44-13-31-5-2-6-42(31)10-15(33)7-31/h3-4,15H,2,5-7,9-13,36H2,1H3,(H,37,39,40). The van der Waals surface area contributed by atoms with Gasteiger partial charge in [0, 0.05) is 23.9 Å². The average Bonchev–Trinajstić information content (AvgIpc) is 3.85. The second kappa shape index (κ2) is 11.0. The van der Waals surface area contributed by atoms with Gasteiger partial charge in [0.2, 0.25) is 5.89 Å². The van der Waals surface area contributed by atoms with E-state index in [1.54, 1.807) is 13.0 Å². The maximum atomic E-state index is 15.0. The Kier molecular flexibility index (Phi) is 6.98. The van der Waals surface area contributed by atoms with Crippen molar-refractivity contribution in [3.8, 4) is 23.2 Å². The first kappa shape index (κ1) is 29.3. The normalized spacial score (nSPS) is 20.8. The Labute approximate surface area is 270 Å². The van der Waals surface area contributed by atoms with Gasteiger partial charge in [-0.15, -0.1) is 11.3 Å². The minimum Gasteiger partial charge on any atom is -0.461 e. The number of anilines is 2. The van der Waals surface area contributed by atoms with Crippen LogP contribution in [0, 0.1) is 24.1 Å². The number of aromatic nitrogens is 4. The van der Waals surface area contributed by atoms with Crippen LogP contribution in [0.4, 0.5) is 19.6 Å². The number of alkyl halides is 1. The lowest BCUT2D eigenvalue weighted by Crippen LogP contribution is -2.43. The van der Waals surface area contributed by atoms with Crippen LogP contribution in [0.1, 0.15) is 47.7 Å². The highest BCUT2D eigenvalue weighted by atomic mass is 35.5. The Balaban J connectivity index is 1.31. The summed E-state index contributed by atoms with van der Waals surface area (Å²) in [5, 5.41) is 18.6. The summed E-state index contributed by atoms with van der Waals surface area (Å²) in [4.78, 5) is 16.0. The number of nitrogens with zero attached hydrogens (tertiary/aromatic N) is 6. The van der Waals surface area contributed by atoms with Crippen LogP contribution in [-0.4, -0.2) is 56.4 Å². The van der Waals surface area contributed by atoms with Crippen LogP contribution in [0.15, 0.2) is 16.7 Å². The molecule has 3 aliphatic heterocycles. The largest absolute Gasteiger partial charge is 0.461 e. The Morgan fingerprint density at radius 3 is 2.91 bits per heavy atom. The van der Waals surface area contributed by atoms with Crippen molar-refractivity contribution in [1.29, 1.82) is 5.26 Å². The molecular weight excluding hydrogens is 638 g/mol. The zero-order valence-electron chi connectivity index (χ0n) is 24.6. The predicted octanol–water partition coefficient (Wildman–Crippen LogP) is 6.05. The van der Waals surface area contributed by atoms with E-state index in [0.29, 0.717) is 57.9 Å². The summed E-state index contributed by atoms with van der Waals surface area (Å²) in [6.45, 7) is 3.80. The molecule has 3 N–H and O–H groups in total. The van der Waals surface area contributed by atoms with E-state index in [1.807, 2.05) is 0 Å². The van der Waals surface area contributed by atoms with Crippen molar-refractivity contribution in [2.75, 3.05) is 30.7 Å². The third kappa shape index (κ3) is 4.56. The molecule has 236 valence electrons. The highest BCUT2D eigenvalue weighted by molar-refractivity contribution is 7.23. The van der Waals surface area contributed by atoms with Crippen LogP contribution in [-0.2, 0) is 24.5 Å². The van der Waals surface area contributed by atoms with E-state index in [4.69, 9.17) is 41.3 Å². The van der Waals surface area contributed by atoms with Gasteiger partial charge in [-0.2, -0.15) is 20.2 Å². The highest BCUT2D eigenvalue weighted by Crippen LogP contribution is 2.49. The number of nitrogens with one attached hydrogen (secondary N) is 1. The van der Waals surface area contributed by atoms with Gasteiger partial charge in [0.05, 0.1) is 51.5 Å². The van der Waals surface area contributed by atoms with E-state index in [-0.39, 0.29) is 52.7 Å². The van der Waals surface area contributed by atoms with Gasteiger partial charge < -0.3 is 25.0 Å². The molecule has 0 amide bonds. The van der Waals surface area contributed by atoms with Crippen molar-refractivity contribution in [2.24, 2.45) is 0 Å². The van der Waals surface area contributed by atoms with Gasteiger partial charge in [-0.1, -0.05) is 22.8 Å². The van der Waals surface area contributed by atoms with E-state index in [1.165, 1.54) is 6.07 Å². The second-order valence-corrected chi connectivity index (χ2v) is 13.4. The van der Waals surface area contributed by atoms with Gasteiger partial charge in [-0.25, -0.2) is 8.78 Å². The third-order valence-electron chi connectivity index (χ3n) is 9.18. The number of nitrogen functional groups attached to an aromatic ring is 1. The molecule has 2 atom stereocenters. The number of rotatable bonds is 7. The zero-order chi connectivity index (χ0) is 31.7. The van der Waals surface area contributed by atoms with Crippen LogP contribution < -0.4 is 15.8 Å². The van der Waals surface area contributed by atoms with Gasteiger partial charge in [0.15, 0.2) is 5.82 Å². The van der Waals surface area contributed by atoms with Crippen LogP contribution in [0.5, 0.6) is 6.01 Å². The molecule has 3 aromatic heterocycles. The van der Waals surface area contributed by atoms with Gasteiger partial charge in [-0.3, -0.25) is 4.90 Å². The Bertz CT molecular complexity index is 2100. The second-order valence-electron chi connectivity index (χ2n) is 11.9. The molecule has 2 fully saturated rings. The van der Waals surface area contributed by atoms with Crippen molar-refractivity contribution in [2.45, 2.75) is 57.7 Å². The lowest BCUT2D eigenvalue weighted by Gasteiger charge is -2.30. The molecule has 8 rings (SSSR count). The molecule has 0 aliphatic carbocycles. The first-order valence-electron chi connectivity index (χ1n) is 14.8. The fourth-order valence-electron chi connectivity index (χ4n) is 7.21. The lowest BCUT2D eigenvalue weighted by atomic mass is 9.91. The zero-order valence-corrected chi connectivity index (χ0v) is 26.2. The Morgan fingerprint density at radius 2 is 2.11 bits per heavy atom. The quantitative estimate of drug-likeness (QED) is 0.210. The fraction of sp³-hybridized carbons (Fsp3) is 0.387. The molecule has 0 saturated carbocycles. The molecule has 46 heavy (non-hydrogen) atoms. The monoisotopic (exact) mass is 664 g/mol. The van der Waals surface area contributed by atoms with Gasteiger partial charge in [-0.05, 0) is 49.1 Å². The van der Waals surface area contributed by atoms with Gasteiger partial charge in [0.1, 0.15) is 35.5 Å². The maximum absolute atomic E-state index is 15.0. The molecule has 2 aromatic carbocycles. The van der Waals surface area contributed by atoms with Crippen molar-refractivity contribution < 1.29 is 22.8 Å². The van der Waals surface area contributed by atoms with Crippen molar-refractivity contribution in [3.63, 3.8) is 0 Å². The molecule has 15 heteroatoms. The van der Waals surface area contributed by atoms with E-state index in [2.05, 4.69) is 26.4 Å². The Hall–Kier alpha value is -4.16. The lowest BCUT2D eigenvalue weighted by molar-refractivity contribution is 0.107. The predicted molar refractivity (Wildman–Crippen MR) is 168 cm³/mol. The number of thiophene rings is 1. The summed E-state index contributed by atoms with van der Waals surface area (Å²) >= 11 is 8.29. The minimum absolute atomic E-state index is 0.0636. The smallest absolute Gasteiger partial charge is 0.319 e. The van der Waals surface area contributed by atoms with Crippen molar-refractivity contribution in [1.82, 2.24) is 25.0 Å². The Morgan fingerprint density at radius 1 is 1.26 bits per heavy atom. The number of nitrogens with two attached hydrogens (primary N) is 1.